The Labute approximate surface area is 222 Å². The number of methoxy groups -OCH3 is 1. The van der Waals surface area contributed by atoms with Crippen molar-refractivity contribution in [2.45, 2.75) is 73.0 Å². The number of nitrogens with zero attached hydrogens (tertiary/aromatic N) is 4. The predicted octanol–water partition coefficient (Wildman–Crippen LogP) is 6.62. The number of fused-ring (bicyclic) bond motifs is 1. The van der Waals surface area contributed by atoms with Crippen molar-refractivity contribution in [3.63, 3.8) is 0 Å². The van der Waals surface area contributed by atoms with Gasteiger partial charge in [-0.25, -0.2) is 9.97 Å². The Balaban J connectivity index is 1.58. The van der Waals surface area contributed by atoms with Crippen molar-refractivity contribution in [2.75, 3.05) is 36.5 Å². The van der Waals surface area contributed by atoms with Crippen molar-refractivity contribution in [1.29, 1.82) is 0 Å². The van der Waals surface area contributed by atoms with Crippen molar-refractivity contribution in [1.82, 2.24) is 9.97 Å². The molecule has 2 aromatic carbocycles. The van der Waals surface area contributed by atoms with Gasteiger partial charge in [0.15, 0.2) is 5.82 Å². The summed E-state index contributed by atoms with van der Waals surface area (Å²) in [5.41, 5.74) is 10.2. The van der Waals surface area contributed by atoms with E-state index in [-0.39, 0.29) is 0 Å². The molecule has 0 spiro atoms. The summed E-state index contributed by atoms with van der Waals surface area (Å²) in [6.45, 7) is 17.1. The van der Waals surface area contributed by atoms with Crippen LogP contribution in [0.5, 0.6) is 0 Å². The lowest BCUT2D eigenvalue weighted by Crippen LogP contribution is -2.44. The van der Waals surface area contributed by atoms with Crippen molar-refractivity contribution >= 4 is 11.5 Å². The Morgan fingerprint density at radius 2 is 1.73 bits per heavy atom. The van der Waals surface area contributed by atoms with E-state index in [1.165, 1.54) is 39.2 Å². The van der Waals surface area contributed by atoms with Crippen LogP contribution in [0.15, 0.2) is 36.4 Å². The second kappa shape index (κ2) is 10.4. The highest BCUT2D eigenvalue weighted by atomic mass is 16.5. The molecule has 3 heterocycles. The first-order chi connectivity index (χ1) is 17.7. The molecule has 2 aliphatic heterocycles. The molecule has 0 amide bonds. The molecule has 0 saturated carbocycles. The maximum atomic E-state index is 5.77. The summed E-state index contributed by atoms with van der Waals surface area (Å²) in [6, 6.07) is 13.5. The van der Waals surface area contributed by atoms with Crippen molar-refractivity contribution in [3.05, 3.63) is 69.9 Å². The molecule has 196 valence electrons. The summed E-state index contributed by atoms with van der Waals surface area (Å²) in [6.07, 6.45) is 2.26. The first-order valence-corrected chi connectivity index (χ1v) is 13.9. The number of ether oxygens (including phenoxy) is 1. The number of aryl methyl sites for hydroxylation is 3. The van der Waals surface area contributed by atoms with Gasteiger partial charge in [-0.1, -0.05) is 50.6 Å². The molecule has 3 aromatic rings. The van der Waals surface area contributed by atoms with Gasteiger partial charge in [0, 0.05) is 56.5 Å². The Morgan fingerprint density at radius 3 is 2.46 bits per heavy atom. The van der Waals surface area contributed by atoms with Crippen LogP contribution in [0.1, 0.15) is 66.6 Å². The van der Waals surface area contributed by atoms with E-state index in [4.69, 9.17) is 14.7 Å². The van der Waals surface area contributed by atoms with Crippen LogP contribution < -0.4 is 9.80 Å². The van der Waals surface area contributed by atoms with E-state index >= 15 is 0 Å². The van der Waals surface area contributed by atoms with Gasteiger partial charge in [-0.3, -0.25) is 0 Å². The molecule has 0 radical (unpaired) electrons. The number of hydrogen-bond donors (Lipinski definition) is 0. The van der Waals surface area contributed by atoms with Gasteiger partial charge in [-0.15, -0.1) is 0 Å². The SMILES string of the molecule is COC1CCN(c2nc(-c3cc(C)ccc3C)nc3c2CN(c2cc(C(C)C)ccc2C)CC3)C[C@@H]1C. The van der Waals surface area contributed by atoms with Gasteiger partial charge in [0.1, 0.15) is 5.82 Å². The van der Waals surface area contributed by atoms with E-state index < -0.39 is 0 Å². The quantitative estimate of drug-likeness (QED) is 0.396. The summed E-state index contributed by atoms with van der Waals surface area (Å²) in [7, 11) is 1.84. The molecule has 0 aliphatic carbocycles. The van der Waals surface area contributed by atoms with E-state index in [0.717, 1.165) is 56.2 Å². The summed E-state index contributed by atoms with van der Waals surface area (Å²) >= 11 is 0. The van der Waals surface area contributed by atoms with E-state index in [9.17, 15) is 0 Å². The van der Waals surface area contributed by atoms with Crippen LogP contribution in [-0.4, -0.2) is 42.8 Å². The third-order valence-electron chi connectivity index (χ3n) is 8.34. The zero-order valence-corrected chi connectivity index (χ0v) is 23.6. The smallest absolute Gasteiger partial charge is 0.162 e. The van der Waals surface area contributed by atoms with Crippen LogP contribution in [-0.2, 0) is 17.7 Å². The molecule has 1 fully saturated rings. The van der Waals surface area contributed by atoms with Gasteiger partial charge in [0.2, 0.25) is 0 Å². The molecule has 37 heavy (non-hydrogen) atoms. The normalized spacial score (nSPS) is 19.9. The first-order valence-electron chi connectivity index (χ1n) is 13.9. The minimum Gasteiger partial charge on any atom is -0.381 e. The van der Waals surface area contributed by atoms with Gasteiger partial charge in [0.05, 0.1) is 11.8 Å². The van der Waals surface area contributed by atoms with Crippen LogP contribution in [0.25, 0.3) is 11.4 Å². The molecule has 5 rings (SSSR count). The van der Waals surface area contributed by atoms with Crippen LogP contribution in [0, 0.1) is 26.7 Å². The van der Waals surface area contributed by atoms with Crippen LogP contribution >= 0.6 is 0 Å². The topological polar surface area (TPSA) is 41.5 Å². The van der Waals surface area contributed by atoms with Gasteiger partial charge < -0.3 is 14.5 Å². The molecule has 1 aromatic heterocycles. The van der Waals surface area contributed by atoms with Crippen molar-refractivity contribution in [3.8, 4) is 11.4 Å². The lowest BCUT2D eigenvalue weighted by Gasteiger charge is -2.40. The van der Waals surface area contributed by atoms with Gasteiger partial charge in [-0.05, 0) is 67.9 Å². The van der Waals surface area contributed by atoms with Crippen LogP contribution in [0.4, 0.5) is 11.5 Å². The third kappa shape index (κ3) is 5.11. The van der Waals surface area contributed by atoms with Gasteiger partial charge in [-0.2, -0.15) is 0 Å². The minimum atomic E-state index is 0.310. The van der Waals surface area contributed by atoms with Crippen LogP contribution in [0.2, 0.25) is 0 Å². The first kappa shape index (κ1) is 25.7. The molecule has 1 unspecified atom stereocenters. The van der Waals surface area contributed by atoms with Crippen molar-refractivity contribution in [2.24, 2.45) is 5.92 Å². The third-order valence-corrected chi connectivity index (χ3v) is 8.34. The number of piperidine rings is 1. The van der Waals surface area contributed by atoms with Gasteiger partial charge in [0.25, 0.3) is 0 Å². The number of anilines is 2. The summed E-state index contributed by atoms with van der Waals surface area (Å²) in [5.74, 6) is 2.95. The second-order valence-electron chi connectivity index (χ2n) is 11.5. The van der Waals surface area contributed by atoms with Gasteiger partial charge >= 0.3 is 0 Å². The zero-order valence-electron chi connectivity index (χ0n) is 23.6. The number of benzene rings is 2. The molecule has 0 bridgehead atoms. The monoisotopic (exact) mass is 498 g/mol. The molecule has 1 saturated heterocycles. The minimum absolute atomic E-state index is 0.310. The molecule has 5 nitrogen and oxygen atoms in total. The molecule has 2 atom stereocenters. The Bertz CT molecular complexity index is 1280. The molecule has 0 N–H and O–H groups in total. The van der Waals surface area contributed by atoms with Crippen molar-refractivity contribution < 1.29 is 4.74 Å². The fourth-order valence-corrected chi connectivity index (χ4v) is 5.95. The average Bonchev–Trinajstić information content (AvgIpc) is 2.89. The maximum Gasteiger partial charge on any atom is 0.162 e. The Hall–Kier alpha value is -2.92. The fraction of sp³-hybridized carbons (Fsp3) is 0.500. The highest BCUT2D eigenvalue weighted by molar-refractivity contribution is 5.66. The standard InChI is InChI=1S/C32H42N4O/c1-20(2)25-11-10-23(5)29(17-25)35-14-12-28-27(19-35)32(36-15-13-30(37-7)24(6)18-36)34-31(33-28)26-16-21(3)8-9-22(26)4/h8-11,16-17,20,24,30H,12-15,18-19H2,1-7H3/t24-,30?/m0/s1. The van der Waals surface area contributed by atoms with E-state index in [2.05, 4.69) is 87.7 Å². The molecular formula is C32H42N4O. The highest BCUT2D eigenvalue weighted by Crippen LogP contribution is 2.36. The fourth-order valence-electron chi connectivity index (χ4n) is 5.95. The Morgan fingerprint density at radius 1 is 0.946 bits per heavy atom. The molecule has 2 aliphatic rings. The number of aromatic nitrogens is 2. The highest BCUT2D eigenvalue weighted by Gasteiger charge is 2.31. The number of rotatable bonds is 5. The van der Waals surface area contributed by atoms with E-state index in [1.807, 2.05) is 7.11 Å². The molecular weight excluding hydrogens is 456 g/mol. The zero-order chi connectivity index (χ0) is 26.3. The lowest BCUT2D eigenvalue weighted by molar-refractivity contribution is 0.0443. The summed E-state index contributed by atoms with van der Waals surface area (Å²) < 4.78 is 5.77. The second-order valence-corrected chi connectivity index (χ2v) is 11.5. The van der Waals surface area contributed by atoms with E-state index in [1.54, 1.807) is 0 Å². The molecule has 5 heteroatoms. The largest absolute Gasteiger partial charge is 0.381 e. The average molecular weight is 499 g/mol. The van der Waals surface area contributed by atoms with Crippen LogP contribution in [0.3, 0.4) is 0 Å². The predicted molar refractivity (Wildman–Crippen MR) is 154 cm³/mol. The Kier molecular flexibility index (Phi) is 7.26. The summed E-state index contributed by atoms with van der Waals surface area (Å²) in [5, 5.41) is 0. The maximum absolute atomic E-state index is 5.77. The number of hydrogen-bond acceptors (Lipinski definition) is 5. The van der Waals surface area contributed by atoms with E-state index in [0.29, 0.717) is 17.9 Å². The summed E-state index contributed by atoms with van der Waals surface area (Å²) in [4.78, 5) is 15.5. The lowest BCUT2D eigenvalue weighted by atomic mass is 9.95.